The molecule has 0 spiro atoms. The van der Waals surface area contributed by atoms with Gasteiger partial charge in [0, 0.05) is 23.9 Å². The Labute approximate surface area is 190 Å². The molecule has 1 aromatic heterocycles. The van der Waals surface area contributed by atoms with Gasteiger partial charge in [-0.2, -0.15) is 4.98 Å². The Bertz CT molecular complexity index is 1250. The molecule has 0 radical (unpaired) electrons. The van der Waals surface area contributed by atoms with Crippen LogP contribution < -0.4 is 10.1 Å². The van der Waals surface area contributed by atoms with Crippen LogP contribution in [0.3, 0.4) is 0 Å². The number of nitrogens with zero attached hydrogens (tertiary/aromatic N) is 3. The normalized spacial score (nSPS) is 10.8. The molecule has 0 fully saturated rings. The van der Waals surface area contributed by atoms with Gasteiger partial charge < -0.3 is 14.8 Å². The molecule has 0 saturated heterocycles. The number of methoxy groups -OCH3 is 1. The molecule has 0 atom stereocenters. The fourth-order valence-electron chi connectivity index (χ4n) is 3.19. The van der Waals surface area contributed by atoms with Crippen molar-refractivity contribution in [3.8, 4) is 23.1 Å². The number of rotatable bonds is 8. The van der Waals surface area contributed by atoms with Gasteiger partial charge in [-0.15, -0.1) is 5.10 Å². The van der Waals surface area contributed by atoms with Gasteiger partial charge >= 0.3 is 6.01 Å². The molecule has 0 unspecified atom stereocenters. The fraction of sp³-hybridized carbons (Fsp3) is 0.160. The Hall–Kier alpha value is -4.04. The van der Waals surface area contributed by atoms with E-state index in [1.165, 1.54) is 12.1 Å². The Balaban J connectivity index is 1.66. The summed E-state index contributed by atoms with van der Waals surface area (Å²) in [5.74, 6) is -0.202. The Morgan fingerprint density at radius 3 is 2.58 bits per heavy atom. The van der Waals surface area contributed by atoms with Gasteiger partial charge in [0.1, 0.15) is 12.4 Å². The molecule has 4 aromatic rings. The molecule has 1 amide bonds. The summed E-state index contributed by atoms with van der Waals surface area (Å²) in [6, 6.07) is 20.7. The molecule has 0 aliphatic heterocycles. The Morgan fingerprint density at radius 1 is 1.03 bits per heavy atom. The maximum Gasteiger partial charge on any atom is 0.336 e. The van der Waals surface area contributed by atoms with Crippen LogP contribution >= 0.6 is 0 Å². The highest BCUT2D eigenvalue weighted by Crippen LogP contribution is 2.25. The van der Waals surface area contributed by atoms with Crippen LogP contribution in [0, 0.1) is 12.7 Å². The summed E-state index contributed by atoms with van der Waals surface area (Å²) in [4.78, 5) is 17.1. The van der Waals surface area contributed by atoms with Gasteiger partial charge in [0.15, 0.2) is 5.82 Å². The number of nitrogens with one attached hydrogen (secondary N) is 1. The predicted molar refractivity (Wildman–Crippen MR) is 123 cm³/mol. The SMILES string of the molecule is COCCOc1nc(-c2cccc(F)c2)n(-c2cccc(NC(=O)c3ccc(C)cc3)c2)n1. The predicted octanol–water partition coefficient (Wildman–Crippen LogP) is 4.66. The second-order valence-electron chi connectivity index (χ2n) is 7.35. The van der Waals surface area contributed by atoms with Crippen LogP contribution in [0.5, 0.6) is 6.01 Å². The number of benzene rings is 3. The maximum absolute atomic E-state index is 13.9. The van der Waals surface area contributed by atoms with E-state index in [2.05, 4.69) is 15.4 Å². The molecule has 7 nitrogen and oxygen atoms in total. The average molecular weight is 446 g/mol. The van der Waals surface area contributed by atoms with Crippen LogP contribution in [0.1, 0.15) is 15.9 Å². The molecule has 1 N–H and O–H groups in total. The third-order valence-electron chi connectivity index (χ3n) is 4.85. The summed E-state index contributed by atoms with van der Waals surface area (Å²) in [5.41, 5.74) is 3.39. The first-order chi connectivity index (χ1) is 16.0. The standard InChI is InChI=1S/C25H23FN4O3/c1-17-9-11-18(12-10-17)24(31)27-21-7-4-8-22(16-21)30-23(19-5-3-6-20(26)15-19)28-25(29-30)33-14-13-32-2/h3-12,15-16H,13-14H2,1-2H3,(H,27,31). The minimum absolute atomic E-state index is 0.139. The fourth-order valence-corrected chi connectivity index (χ4v) is 3.19. The third kappa shape index (κ3) is 5.42. The molecule has 0 aliphatic carbocycles. The van der Waals surface area contributed by atoms with E-state index in [0.29, 0.717) is 34.9 Å². The number of hydrogen-bond acceptors (Lipinski definition) is 5. The van der Waals surface area contributed by atoms with E-state index >= 15 is 0 Å². The molecule has 0 aliphatic rings. The van der Waals surface area contributed by atoms with Crippen LogP contribution in [-0.4, -0.2) is 41.0 Å². The molecule has 0 bridgehead atoms. The van der Waals surface area contributed by atoms with Gasteiger partial charge in [0.2, 0.25) is 0 Å². The zero-order chi connectivity index (χ0) is 23.2. The summed E-state index contributed by atoms with van der Waals surface area (Å²) < 4.78 is 26.0. The first-order valence-corrected chi connectivity index (χ1v) is 10.4. The minimum atomic E-state index is -0.386. The quantitative estimate of drug-likeness (QED) is 0.398. The van der Waals surface area contributed by atoms with E-state index in [4.69, 9.17) is 9.47 Å². The van der Waals surface area contributed by atoms with Crippen molar-refractivity contribution in [3.63, 3.8) is 0 Å². The van der Waals surface area contributed by atoms with E-state index in [1.54, 1.807) is 54.3 Å². The lowest BCUT2D eigenvalue weighted by atomic mass is 10.1. The summed E-state index contributed by atoms with van der Waals surface area (Å²) in [6.45, 7) is 2.62. The van der Waals surface area contributed by atoms with Gasteiger partial charge in [0.05, 0.1) is 12.3 Å². The van der Waals surface area contributed by atoms with Gasteiger partial charge in [0.25, 0.3) is 5.91 Å². The summed E-state index contributed by atoms with van der Waals surface area (Å²) in [7, 11) is 1.57. The number of hydrogen-bond donors (Lipinski definition) is 1. The largest absolute Gasteiger partial charge is 0.460 e. The molecule has 1 heterocycles. The van der Waals surface area contributed by atoms with Crippen molar-refractivity contribution in [3.05, 3.63) is 89.7 Å². The number of aryl methyl sites for hydroxylation is 1. The Kier molecular flexibility index (Phi) is 6.75. The van der Waals surface area contributed by atoms with Crippen LogP contribution in [0.2, 0.25) is 0 Å². The van der Waals surface area contributed by atoms with Gasteiger partial charge in [-0.05, 0) is 49.4 Å². The first kappa shape index (κ1) is 22.2. The molecule has 168 valence electrons. The topological polar surface area (TPSA) is 78.3 Å². The molecule has 33 heavy (non-hydrogen) atoms. The van der Waals surface area contributed by atoms with Gasteiger partial charge in [-0.3, -0.25) is 4.79 Å². The van der Waals surface area contributed by atoms with Crippen molar-refractivity contribution >= 4 is 11.6 Å². The lowest BCUT2D eigenvalue weighted by Crippen LogP contribution is -2.12. The monoisotopic (exact) mass is 446 g/mol. The highest BCUT2D eigenvalue weighted by atomic mass is 19.1. The van der Waals surface area contributed by atoms with E-state index in [9.17, 15) is 9.18 Å². The maximum atomic E-state index is 13.9. The zero-order valence-electron chi connectivity index (χ0n) is 18.3. The Morgan fingerprint density at radius 2 is 1.82 bits per heavy atom. The number of carbonyl (C=O) groups is 1. The van der Waals surface area contributed by atoms with Gasteiger partial charge in [-0.25, -0.2) is 9.07 Å². The molecular formula is C25H23FN4O3. The van der Waals surface area contributed by atoms with Gasteiger partial charge in [-0.1, -0.05) is 35.9 Å². The van der Waals surface area contributed by atoms with Crippen LogP contribution in [0.25, 0.3) is 17.1 Å². The van der Waals surface area contributed by atoms with Crippen LogP contribution in [0.15, 0.2) is 72.8 Å². The summed E-state index contributed by atoms with van der Waals surface area (Å²) in [6.07, 6.45) is 0. The zero-order valence-corrected chi connectivity index (χ0v) is 18.3. The molecule has 0 saturated carbocycles. The highest BCUT2D eigenvalue weighted by Gasteiger charge is 2.16. The molecule has 3 aromatic carbocycles. The second-order valence-corrected chi connectivity index (χ2v) is 7.35. The highest BCUT2D eigenvalue weighted by molar-refractivity contribution is 6.04. The van der Waals surface area contributed by atoms with E-state index in [0.717, 1.165) is 5.56 Å². The number of amides is 1. The third-order valence-corrected chi connectivity index (χ3v) is 4.85. The number of ether oxygens (including phenoxy) is 2. The van der Waals surface area contributed by atoms with Crippen LogP contribution in [-0.2, 0) is 4.74 Å². The molecular weight excluding hydrogens is 423 g/mol. The molecule has 4 rings (SSSR count). The minimum Gasteiger partial charge on any atom is -0.460 e. The van der Waals surface area contributed by atoms with Crippen molar-refractivity contribution in [2.45, 2.75) is 6.92 Å². The van der Waals surface area contributed by atoms with Crippen molar-refractivity contribution < 1.29 is 18.7 Å². The summed E-state index contributed by atoms with van der Waals surface area (Å²) in [5, 5.41) is 7.34. The number of aromatic nitrogens is 3. The smallest absolute Gasteiger partial charge is 0.336 e. The van der Waals surface area contributed by atoms with Crippen molar-refractivity contribution in [2.24, 2.45) is 0 Å². The van der Waals surface area contributed by atoms with E-state index in [1.807, 2.05) is 25.1 Å². The van der Waals surface area contributed by atoms with Crippen molar-refractivity contribution in [2.75, 3.05) is 25.6 Å². The number of carbonyl (C=O) groups excluding carboxylic acids is 1. The first-order valence-electron chi connectivity index (χ1n) is 10.4. The molecule has 8 heteroatoms. The van der Waals surface area contributed by atoms with Crippen molar-refractivity contribution in [1.82, 2.24) is 14.8 Å². The van der Waals surface area contributed by atoms with Crippen molar-refractivity contribution in [1.29, 1.82) is 0 Å². The lowest BCUT2D eigenvalue weighted by molar-refractivity contribution is 0.102. The average Bonchev–Trinajstić information content (AvgIpc) is 3.24. The summed E-state index contributed by atoms with van der Waals surface area (Å²) >= 11 is 0. The van der Waals surface area contributed by atoms with Crippen LogP contribution in [0.4, 0.5) is 10.1 Å². The van der Waals surface area contributed by atoms with E-state index in [-0.39, 0.29) is 24.3 Å². The number of anilines is 1. The lowest BCUT2D eigenvalue weighted by Gasteiger charge is -2.10. The second kappa shape index (κ2) is 10.1. The van der Waals surface area contributed by atoms with E-state index < -0.39 is 0 Å². The number of halogens is 1.